The van der Waals surface area contributed by atoms with E-state index in [-0.39, 0.29) is 24.2 Å². The van der Waals surface area contributed by atoms with Crippen molar-refractivity contribution in [1.82, 2.24) is 25.5 Å². The molecule has 1 aromatic heterocycles. The maximum absolute atomic E-state index is 11.5. The van der Waals surface area contributed by atoms with Crippen LogP contribution in [0.1, 0.15) is 20.3 Å². The number of carbonyl (C=O) groups is 2. The molecule has 1 heterocycles. The van der Waals surface area contributed by atoms with Crippen molar-refractivity contribution in [2.24, 2.45) is 0 Å². The number of nitrogens with one attached hydrogen (secondary N) is 1. The highest BCUT2D eigenvalue weighted by atomic mass is 32.2. The summed E-state index contributed by atoms with van der Waals surface area (Å²) >= 11 is 1.11. The molecule has 0 saturated carbocycles. The highest BCUT2D eigenvalue weighted by Gasteiger charge is 2.12. The van der Waals surface area contributed by atoms with Gasteiger partial charge < -0.3 is 10.4 Å². The second kappa shape index (κ2) is 6.94. The van der Waals surface area contributed by atoms with Crippen LogP contribution in [0.15, 0.2) is 5.16 Å². The molecule has 1 amide bonds. The van der Waals surface area contributed by atoms with E-state index < -0.39 is 5.97 Å². The quantitative estimate of drug-likeness (QED) is 0.660. The van der Waals surface area contributed by atoms with Crippen molar-refractivity contribution >= 4 is 23.6 Å². The van der Waals surface area contributed by atoms with E-state index >= 15 is 0 Å². The Bertz CT molecular complexity index is 422. The van der Waals surface area contributed by atoms with Crippen LogP contribution in [0, 0.1) is 0 Å². The van der Waals surface area contributed by atoms with E-state index in [1.165, 1.54) is 0 Å². The van der Waals surface area contributed by atoms with Gasteiger partial charge in [0.1, 0.15) is 6.54 Å². The van der Waals surface area contributed by atoms with Gasteiger partial charge in [-0.1, -0.05) is 18.7 Å². The first-order chi connectivity index (χ1) is 8.52. The molecule has 1 rings (SSSR count). The zero-order chi connectivity index (χ0) is 13.5. The lowest BCUT2D eigenvalue weighted by molar-refractivity contribution is -0.138. The number of carbonyl (C=O) groups excluding carboxylic acids is 1. The van der Waals surface area contributed by atoms with Crippen molar-refractivity contribution in [2.45, 2.75) is 38.0 Å². The van der Waals surface area contributed by atoms with Crippen molar-refractivity contribution in [3.05, 3.63) is 0 Å². The van der Waals surface area contributed by atoms with Crippen molar-refractivity contribution in [1.29, 1.82) is 0 Å². The van der Waals surface area contributed by atoms with Crippen LogP contribution in [0.3, 0.4) is 0 Å². The molecule has 0 aliphatic carbocycles. The van der Waals surface area contributed by atoms with Gasteiger partial charge >= 0.3 is 5.97 Å². The van der Waals surface area contributed by atoms with Crippen molar-refractivity contribution in [3.8, 4) is 0 Å². The minimum absolute atomic E-state index is 0.119. The zero-order valence-electron chi connectivity index (χ0n) is 10.2. The number of rotatable bonds is 7. The molecule has 0 aliphatic heterocycles. The van der Waals surface area contributed by atoms with E-state index in [0.29, 0.717) is 5.16 Å². The van der Waals surface area contributed by atoms with Gasteiger partial charge in [-0.15, -0.1) is 5.10 Å². The zero-order valence-corrected chi connectivity index (χ0v) is 11.0. The molecule has 0 radical (unpaired) electrons. The second-order valence-corrected chi connectivity index (χ2v) is 4.62. The summed E-state index contributed by atoms with van der Waals surface area (Å²) in [5.41, 5.74) is 0. The van der Waals surface area contributed by atoms with Crippen LogP contribution >= 0.6 is 11.8 Å². The van der Waals surface area contributed by atoms with E-state index in [2.05, 4.69) is 20.8 Å². The summed E-state index contributed by atoms with van der Waals surface area (Å²) in [7, 11) is 0. The number of hydrogen-bond acceptors (Lipinski definition) is 6. The average molecular weight is 273 g/mol. The van der Waals surface area contributed by atoms with Gasteiger partial charge in [0.05, 0.1) is 5.75 Å². The molecule has 2 N–H and O–H groups in total. The van der Waals surface area contributed by atoms with E-state index in [0.717, 1.165) is 22.9 Å². The number of carboxylic acids is 1. The first kappa shape index (κ1) is 14.4. The molecule has 0 spiro atoms. The molecule has 18 heavy (non-hydrogen) atoms. The van der Waals surface area contributed by atoms with Crippen LogP contribution in [-0.2, 0) is 16.1 Å². The lowest BCUT2D eigenvalue weighted by atomic mass is 10.3. The summed E-state index contributed by atoms with van der Waals surface area (Å²) in [6.07, 6.45) is 0.854. The highest BCUT2D eigenvalue weighted by molar-refractivity contribution is 7.99. The SMILES string of the molecule is CCC(C)NC(=O)CSc1nnnn1CC(=O)O. The fraction of sp³-hybridized carbons (Fsp3) is 0.667. The van der Waals surface area contributed by atoms with Crippen molar-refractivity contribution in [2.75, 3.05) is 5.75 Å². The number of thioether (sulfide) groups is 1. The van der Waals surface area contributed by atoms with Gasteiger partial charge in [-0.25, -0.2) is 4.68 Å². The van der Waals surface area contributed by atoms with Crippen LogP contribution in [0.4, 0.5) is 0 Å². The fourth-order valence-corrected chi connectivity index (χ4v) is 1.76. The normalized spacial score (nSPS) is 12.1. The first-order valence-electron chi connectivity index (χ1n) is 5.43. The minimum Gasteiger partial charge on any atom is -0.480 e. The number of hydrogen-bond donors (Lipinski definition) is 2. The number of aliphatic carboxylic acids is 1. The smallest absolute Gasteiger partial charge is 0.325 e. The summed E-state index contributed by atoms with van der Waals surface area (Å²) in [4.78, 5) is 22.1. The van der Waals surface area contributed by atoms with E-state index in [4.69, 9.17) is 5.11 Å². The Morgan fingerprint density at radius 2 is 2.28 bits per heavy atom. The lowest BCUT2D eigenvalue weighted by Gasteiger charge is -2.10. The molecular formula is C9H15N5O3S. The summed E-state index contributed by atoms with van der Waals surface area (Å²) in [6, 6.07) is 0.119. The molecule has 100 valence electrons. The Kier molecular flexibility index (Phi) is 5.56. The number of carboxylic acid groups (broad SMARTS) is 1. The van der Waals surface area contributed by atoms with Gasteiger partial charge in [0, 0.05) is 6.04 Å². The summed E-state index contributed by atoms with van der Waals surface area (Å²) in [5.74, 6) is -1.00. The molecule has 0 aliphatic rings. The number of nitrogens with zero attached hydrogens (tertiary/aromatic N) is 4. The topological polar surface area (TPSA) is 110 Å². The molecule has 8 nitrogen and oxygen atoms in total. The maximum atomic E-state index is 11.5. The monoisotopic (exact) mass is 273 g/mol. The van der Waals surface area contributed by atoms with Crippen LogP contribution < -0.4 is 5.32 Å². The fourth-order valence-electron chi connectivity index (χ4n) is 1.08. The molecule has 0 saturated heterocycles. The maximum Gasteiger partial charge on any atom is 0.325 e. The Balaban J connectivity index is 2.46. The molecular weight excluding hydrogens is 258 g/mol. The predicted molar refractivity (Wildman–Crippen MR) is 64.1 cm³/mol. The third-order valence-electron chi connectivity index (χ3n) is 2.14. The van der Waals surface area contributed by atoms with Gasteiger partial charge in [-0.2, -0.15) is 0 Å². The summed E-state index contributed by atoms with van der Waals surface area (Å²) in [6.45, 7) is 3.57. The van der Waals surface area contributed by atoms with Crippen LogP contribution in [0.25, 0.3) is 0 Å². The summed E-state index contributed by atoms with van der Waals surface area (Å²) in [5, 5.41) is 22.3. The number of aromatic nitrogens is 4. The van der Waals surface area contributed by atoms with E-state index in [9.17, 15) is 9.59 Å². The Morgan fingerprint density at radius 3 is 2.89 bits per heavy atom. The van der Waals surface area contributed by atoms with Crippen LogP contribution in [-0.4, -0.2) is 49.0 Å². The molecule has 0 bridgehead atoms. The van der Waals surface area contributed by atoms with Crippen LogP contribution in [0.2, 0.25) is 0 Å². The largest absolute Gasteiger partial charge is 0.480 e. The van der Waals surface area contributed by atoms with Crippen molar-refractivity contribution in [3.63, 3.8) is 0 Å². The third kappa shape index (κ3) is 4.70. The second-order valence-electron chi connectivity index (χ2n) is 3.68. The first-order valence-corrected chi connectivity index (χ1v) is 6.41. The Morgan fingerprint density at radius 1 is 1.56 bits per heavy atom. The summed E-state index contributed by atoms with van der Waals surface area (Å²) < 4.78 is 1.14. The van der Waals surface area contributed by atoms with Gasteiger partial charge in [-0.05, 0) is 23.8 Å². The lowest BCUT2D eigenvalue weighted by Crippen LogP contribution is -2.33. The molecule has 1 aromatic rings. The molecule has 0 aromatic carbocycles. The predicted octanol–water partition coefficient (Wildman–Crippen LogP) is -0.235. The molecule has 9 heteroatoms. The average Bonchev–Trinajstić information content (AvgIpc) is 2.72. The van der Waals surface area contributed by atoms with E-state index in [1.807, 2.05) is 13.8 Å². The van der Waals surface area contributed by atoms with Gasteiger partial charge in [0.25, 0.3) is 0 Å². The third-order valence-corrected chi connectivity index (χ3v) is 3.09. The van der Waals surface area contributed by atoms with Gasteiger partial charge in [0.15, 0.2) is 0 Å². The van der Waals surface area contributed by atoms with E-state index in [1.54, 1.807) is 0 Å². The standard InChI is InChI=1S/C9H15N5O3S/c1-3-6(2)10-7(15)5-18-9-11-12-13-14(9)4-8(16)17/h6H,3-5H2,1-2H3,(H,10,15)(H,16,17). The van der Waals surface area contributed by atoms with Crippen LogP contribution in [0.5, 0.6) is 0 Å². The molecule has 1 unspecified atom stereocenters. The molecule has 1 atom stereocenters. The van der Waals surface area contributed by atoms with Gasteiger partial charge in [0.2, 0.25) is 11.1 Å². The number of tetrazole rings is 1. The van der Waals surface area contributed by atoms with Crippen molar-refractivity contribution < 1.29 is 14.7 Å². The van der Waals surface area contributed by atoms with Gasteiger partial charge in [-0.3, -0.25) is 9.59 Å². The highest BCUT2D eigenvalue weighted by Crippen LogP contribution is 2.12. The number of amides is 1. The Hall–Kier alpha value is -1.64. The molecule has 0 fully saturated rings. The minimum atomic E-state index is -1.03. The Labute approximate surface area is 108 Å².